The van der Waals surface area contributed by atoms with Crippen molar-refractivity contribution in [2.45, 2.75) is 464 Å². The van der Waals surface area contributed by atoms with Crippen LogP contribution in [-0.2, 0) is 65.4 Å². The Balaban J connectivity index is 5.10. The van der Waals surface area contributed by atoms with Crippen molar-refractivity contribution in [1.82, 2.24) is 0 Å². The van der Waals surface area contributed by atoms with Crippen molar-refractivity contribution in [3.8, 4) is 0 Å². The number of unbranched alkanes of at least 4 members (excludes halogenated alkanes) is 52. The molecule has 19 heteroatoms. The number of aliphatic hydroxyl groups excluding tert-OH is 1. The van der Waals surface area contributed by atoms with Crippen molar-refractivity contribution in [2.75, 3.05) is 39.6 Å². The quantitative estimate of drug-likeness (QED) is 0.0222. The summed E-state index contributed by atoms with van der Waals surface area (Å²) in [5.74, 6) is -0.465. The summed E-state index contributed by atoms with van der Waals surface area (Å²) in [7, 11) is -9.91. The van der Waals surface area contributed by atoms with Crippen LogP contribution in [0.15, 0.2) is 0 Å². The first-order valence-corrected chi connectivity index (χ1v) is 46.5. The van der Waals surface area contributed by atoms with Gasteiger partial charge in [0.15, 0.2) is 12.2 Å². The average Bonchev–Trinajstić information content (AvgIpc) is 0.930. The number of phosphoric acid groups is 2. The first-order chi connectivity index (χ1) is 49.9. The number of esters is 4. The Morgan fingerprint density at radius 3 is 0.738 bits per heavy atom. The van der Waals surface area contributed by atoms with Crippen molar-refractivity contribution >= 4 is 39.5 Å². The van der Waals surface area contributed by atoms with Gasteiger partial charge in [0.25, 0.3) is 0 Å². The van der Waals surface area contributed by atoms with Gasteiger partial charge in [-0.3, -0.25) is 37.3 Å². The molecule has 0 spiro atoms. The van der Waals surface area contributed by atoms with E-state index in [0.29, 0.717) is 25.7 Å². The van der Waals surface area contributed by atoms with E-state index < -0.39 is 97.5 Å². The fourth-order valence-electron chi connectivity index (χ4n) is 13.0. The number of aliphatic hydroxyl groups is 1. The maximum Gasteiger partial charge on any atom is 0.472 e. The van der Waals surface area contributed by atoms with E-state index in [2.05, 4.69) is 41.5 Å². The first-order valence-electron chi connectivity index (χ1n) is 43.5. The summed E-state index contributed by atoms with van der Waals surface area (Å²) in [6, 6.07) is 0. The summed E-state index contributed by atoms with van der Waals surface area (Å²) in [6.07, 6.45) is 67.1. The zero-order valence-corrected chi connectivity index (χ0v) is 69.4. The van der Waals surface area contributed by atoms with Gasteiger partial charge < -0.3 is 33.8 Å². The summed E-state index contributed by atoms with van der Waals surface area (Å²) >= 11 is 0. The van der Waals surface area contributed by atoms with E-state index in [9.17, 15) is 43.2 Å². The van der Waals surface area contributed by atoms with Gasteiger partial charge in [0.2, 0.25) is 0 Å². The summed E-state index contributed by atoms with van der Waals surface area (Å²) in [5, 5.41) is 10.6. The molecule has 0 aromatic heterocycles. The number of hydrogen-bond donors (Lipinski definition) is 3. The predicted molar refractivity (Wildman–Crippen MR) is 423 cm³/mol. The van der Waals surface area contributed by atoms with Crippen LogP contribution in [0.1, 0.15) is 446 Å². The highest BCUT2D eigenvalue weighted by atomic mass is 31.2. The maximum atomic E-state index is 13.1. The molecule has 0 aliphatic carbocycles. The Kier molecular flexibility index (Phi) is 74.1. The van der Waals surface area contributed by atoms with E-state index in [0.717, 1.165) is 108 Å². The normalized spacial score (nSPS) is 14.1. The SMILES string of the molecule is CCCCCCCCCCCCCCCCCCCCCCCCC(=O)O[C@H](COC(=O)CCCCCCCCCCCCCCCCCC(C)C)COP(=O)(O)OC[C@@H](O)COP(=O)(O)OC[C@@H](COC(=O)CCCCCCC)OC(=O)CCCCCCCCCCCCCCCCC(C)CC. The summed E-state index contributed by atoms with van der Waals surface area (Å²) in [6.45, 7) is 9.64. The van der Waals surface area contributed by atoms with Gasteiger partial charge in [-0.1, -0.05) is 395 Å². The van der Waals surface area contributed by atoms with Gasteiger partial charge in [0.1, 0.15) is 19.3 Å². The lowest BCUT2D eigenvalue weighted by Gasteiger charge is -2.21. The molecule has 103 heavy (non-hydrogen) atoms. The molecule has 6 atom stereocenters. The van der Waals surface area contributed by atoms with Crippen molar-refractivity contribution in [1.29, 1.82) is 0 Å². The van der Waals surface area contributed by atoms with E-state index >= 15 is 0 Å². The molecule has 3 unspecified atom stereocenters. The molecule has 0 bridgehead atoms. The van der Waals surface area contributed by atoms with E-state index in [4.69, 9.17) is 37.0 Å². The molecular formula is C84H164O17P2. The highest BCUT2D eigenvalue weighted by Crippen LogP contribution is 2.45. The lowest BCUT2D eigenvalue weighted by Crippen LogP contribution is -2.30. The van der Waals surface area contributed by atoms with Crippen molar-refractivity contribution in [3.63, 3.8) is 0 Å². The van der Waals surface area contributed by atoms with Gasteiger partial charge in [-0.05, 0) is 37.5 Å². The molecule has 0 aromatic carbocycles. The third kappa shape index (κ3) is 76.6. The minimum Gasteiger partial charge on any atom is -0.462 e. The lowest BCUT2D eigenvalue weighted by molar-refractivity contribution is -0.161. The van der Waals surface area contributed by atoms with Gasteiger partial charge in [0, 0.05) is 25.7 Å². The largest absolute Gasteiger partial charge is 0.472 e. The molecule has 17 nitrogen and oxygen atoms in total. The molecule has 0 fully saturated rings. The van der Waals surface area contributed by atoms with Crippen LogP contribution in [0.4, 0.5) is 0 Å². The topological polar surface area (TPSA) is 237 Å². The summed E-state index contributed by atoms with van der Waals surface area (Å²) < 4.78 is 68.6. The monoisotopic (exact) mass is 1510 g/mol. The maximum absolute atomic E-state index is 13.1. The number of hydrogen-bond acceptors (Lipinski definition) is 15. The fourth-order valence-corrected chi connectivity index (χ4v) is 14.6. The van der Waals surface area contributed by atoms with Gasteiger partial charge >= 0.3 is 39.5 Å². The van der Waals surface area contributed by atoms with Crippen molar-refractivity contribution in [3.05, 3.63) is 0 Å². The zero-order valence-electron chi connectivity index (χ0n) is 67.6. The van der Waals surface area contributed by atoms with Crippen LogP contribution < -0.4 is 0 Å². The lowest BCUT2D eigenvalue weighted by atomic mass is 9.99. The number of carbonyl (C=O) groups excluding carboxylic acids is 4. The van der Waals surface area contributed by atoms with Crippen LogP contribution in [0, 0.1) is 11.8 Å². The zero-order chi connectivity index (χ0) is 75.6. The Bertz CT molecular complexity index is 1980. The van der Waals surface area contributed by atoms with E-state index in [1.165, 1.54) is 257 Å². The number of ether oxygens (including phenoxy) is 4. The fraction of sp³-hybridized carbons (Fsp3) is 0.952. The molecule has 0 rings (SSSR count). The molecule has 0 radical (unpaired) electrons. The minimum absolute atomic E-state index is 0.107. The molecule has 0 aliphatic rings. The van der Waals surface area contributed by atoms with Crippen LogP contribution in [0.5, 0.6) is 0 Å². The van der Waals surface area contributed by atoms with E-state index in [1.807, 2.05) is 0 Å². The Morgan fingerprint density at radius 2 is 0.495 bits per heavy atom. The molecule has 0 heterocycles. The second-order valence-electron chi connectivity index (χ2n) is 30.9. The first kappa shape index (κ1) is 101. The smallest absolute Gasteiger partial charge is 0.462 e. The molecule has 0 saturated carbocycles. The van der Waals surface area contributed by atoms with Crippen LogP contribution >= 0.6 is 15.6 Å². The van der Waals surface area contributed by atoms with E-state index in [-0.39, 0.29) is 25.7 Å². The van der Waals surface area contributed by atoms with Crippen molar-refractivity contribution < 1.29 is 80.2 Å². The molecule has 0 amide bonds. The number of carbonyl (C=O) groups is 4. The molecule has 3 N–H and O–H groups in total. The van der Waals surface area contributed by atoms with Crippen molar-refractivity contribution in [2.24, 2.45) is 11.8 Å². The van der Waals surface area contributed by atoms with Gasteiger partial charge in [-0.15, -0.1) is 0 Å². The Hall–Kier alpha value is -1.94. The standard InChI is InChI=1S/C84H164O17P2/c1-7-10-12-14-15-16-17-18-19-20-21-22-23-24-25-28-35-40-45-50-56-63-69-84(89)101-80(73-95-82(87)67-61-55-49-44-39-34-29-26-27-32-37-42-47-53-58-64-76(4)5)75-99-103(92,93)97-71-78(85)70-96-102(90,91)98-74-79(72-94-81(86)66-60-52-13-11-8-2)100-83(88)68-62-57-51-46-41-36-31-30-33-38-43-48-54-59-65-77(6)9-3/h76-80,85H,7-75H2,1-6H3,(H,90,91)(H,92,93)/t77?,78-,79+,80+/m0/s1. The third-order valence-corrected chi connectivity index (χ3v) is 22.0. The highest BCUT2D eigenvalue weighted by Gasteiger charge is 2.30. The van der Waals surface area contributed by atoms with Crippen LogP contribution in [0.25, 0.3) is 0 Å². The van der Waals surface area contributed by atoms with Gasteiger partial charge in [0.05, 0.1) is 26.4 Å². The molecule has 612 valence electrons. The second-order valence-corrected chi connectivity index (χ2v) is 33.8. The predicted octanol–water partition coefficient (Wildman–Crippen LogP) is 25.5. The minimum atomic E-state index is -4.96. The van der Waals surface area contributed by atoms with E-state index in [1.54, 1.807) is 0 Å². The third-order valence-electron chi connectivity index (χ3n) is 20.1. The average molecular weight is 1510 g/mol. The molecule has 0 aromatic rings. The Morgan fingerprint density at radius 1 is 0.282 bits per heavy atom. The van der Waals surface area contributed by atoms with Crippen LogP contribution in [0.3, 0.4) is 0 Å². The molecule has 0 saturated heterocycles. The highest BCUT2D eigenvalue weighted by molar-refractivity contribution is 7.47. The summed E-state index contributed by atoms with van der Waals surface area (Å²) in [5.41, 5.74) is 0. The number of rotatable bonds is 83. The van der Waals surface area contributed by atoms with Crippen LogP contribution in [-0.4, -0.2) is 96.7 Å². The molecule has 0 aliphatic heterocycles. The van der Waals surface area contributed by atoms with Gasteiger partial charge in [-0.2, -0.15) is 0 Å². The van der Waals surface area contributed by atoms with Crippen LogP contribution in [0.2, 0.25) is 0 Å². The Labute approximate surface area is 632 Å². The number of phosphoric ester groups is 2. The van der Waals surface area contributed by atoms with Gasteiger partial charge in [-0.25, -0.2) is 9.13 Å². The molecular weight excluding hydrogens is 1340 g/mol. The second kappa shape index (κ2) is 75.5. The summed E-state index contributed by atoms with van der Waals surface area (Å²) in [4.78, 5) is 72.8.